The summed E-state index contributed by atoms with van der Waals surface area (Å²) in [5, 5.41) is 3.52. The Morgan fingerprint density at radius 3 is 2.33 bits per heavy atom. The average Bonchev–Trinajstić information content (AvgIpc) is 2.57. The molecule has 0 heterocycles. The number of nitrogens with one attached hydrogen (secondary N) is 2. The van der Waals surface area contributed by atoms with Crippen molar-refractivity contribution in [3.8, 4) is 0 Å². The number of halogens is 1. The number of sulfonamides is 1. The van der Waals surface area contributed by atoms with Gasteiger partial charge in [0.1, 0.15) is 0 Å². The lowest BCUT2D eigenvalue weighted by Crippen LogP contribution is -2.14. The van der Waals surface area contributed by atoms with Crippen molar-refractivity contribution >= 4 is 44.7 Å². The average molecular weight is 369 g/mol. The van der Waals surface area contributed by atoms with E-state index in [2.05, 4.69) is 14.8 Å². The maximum Gasteiger partial charge on any atom is 0.337 e. The molecule has 0 bridgehead atoms. The Morgan fingerprint density at radius 1 is 1.12 bits per heavy atom. The molecule has 0 radical (unpaired) electrons. The fourth-order valence-electron chi connectivity index (χ4n) is 1.89. The van der Waals surface area contributed by atoms with Crippen LogP contribution in [0.2, 0.25) is 5.02 Å². The van der Waals surface area contributed by atoms with Gasteiger partial charge in [-0.25, -0.2) is 13.2 Å². The molecule has 6 nitrogen and oxygen atoms in total. The highest BCUT2D eigenvalue weighted by atomic mass is 35.5. The van der Waals surface area contributed by atoms with E-state index in [1.807, 2.05) is 0 Å². The summed E-state index contributed by atoms with van der Waals surface area (Å²) >= 11 is 6.12. The number of carbonyl (C=O) groups excluding carboxylic acids is 1. The molecular weight excluding hydrogens is 352 g/mol. The molecule has 0 amide bonds. The largest absolute Gasteiger partial charge is 0.465 e. The zero-order valence-corrected chi connectivity index (χ0v) is 14.7. The first-order valence-corrected chi connectivity index (χ1v) is 9.13. The van der Waals surface area contributed by atoms with Crippen LogP contribution in [0.15, 0.2) is 42.5 Å². The molecule has 2 N–H and O–H groups in total. The number of hydrogen-bond donors (Lipinski definition) is 2. The Morgan fingerprint density at radius 2 is 1.75 bits per heavy atom. The molecule has 24 heavy (non-hydrogen) atoms. The summed E-state index contributed by atoms with van der Waals surface area (Å²) in [7, 11) is -2.01. The number of benzene rings is 2. The molecular formula is C16H17ClN2O4S. The minimum Gasteiger partial charge on any atom is -0.465 e. The molecule has 0 aromatic heterocycles. The third kappa shape index (κ3) is 4.62. The van der Waals surface area contributed by atoms with E-state index >= 15 is 0 Å². The maximum atomic E-state index is 11.6. The van der Waals surface area contributed by atoms with Crippen molar-refractivity contribution in [2.24, 2.45) is 0 Å². The summed E-state index contributed by atoms with van der Waals surface area (Å²) in [5.41, 5.74) is 2.08. The van der Waals surface area contributed by atoms with E-state index < -0.39 is 16.0 Å². The summed E-state index contributed by atoms with van der Waals surface area (Å²) in [6.45, 7) is 1.56. The molecule has 0 saturated heterocycles. The quantitative estimate of drug-likeness (QED) is 0.760. The second-order valence-electron chi connectivity index (χ2n) is 4.89. The zero-order valence-electron chi connectivity index (χ0n) is 13.2. The van der Waals surface area contributed by atoms with Gasteiger partial charge in [0.2, 0.25) is 10.0 Å². The van der Waals surface area contributed by atoms with E-state index in [0.717, 1.165) is 0 Å². The van der Waals surface area contributed by atoms with Gasteiger partial charge in [-0.05, 0) is 49.4 Å². The zero-order chi connectivity index (χ0) is 17.7. The van der Waals surface area contributed by atoms with Crippen molar-refractivity contribution in [2.45, 2.75) is 6.92 Å². The number of carbonyl (C=O) groups is 1. The third-order valence-electron chi connectivity index (χ3n) is 3.20. The van der Waals surface area contributed by atoms with Crippen LogP contribution in [0, 0.1) is 0 Å². The van der Waals surface area contributed by atoms with Crippen molar-refractivity contribution in [2.75, 3.05) is 22.9 Å². The minimum atomic E-state index is -3.31. The predicted octanol–water partition coefficient (Wildman–Crippen LogP) is 3.63. The molecule has 2 aromatic carbocycles. The minimum absolute atomic E-state index is 0.00291. The number of hydrogen-bond acceptors (Lipinski definition) is 5. The molecule has 0 atom stereocenters. The van der Waals surface area contributed by atoms with E-state index in [4.69, 9.17) is 11.6 Å². The normalized spacial score (nSPS) is 11.0. The van der Waals surface area contributed by atoms with Crippen molar-refractivity contribution in [3.05, 3.63) is 53.1 Å². The Bertz CT molecular complexity index is 836. The Balaban J connectivity index is 2.18. The highest BCUT2D eigenvalue weighted by molar-refractivity contribution is 7.92. The van der Waals surface area contributed by atoms with Gasteiger partial charge in [-0.3, -0.25) is 4.72 Å². The maximum absolute atomic E-state index is 11.6. The van der Waals surface area contributed by atoms with Crippen LogP contribution in [0.4, 0.5) is 17.1 Å². The Kier molecular flexibility index (Phi) is 5.69. The number of ether oxygens (including phenoxy) is 1. The van der Waals surface area contributed by atoms with E-state index in [-0.39, 0.29) is 5.75 Å². The first-order valence-electron chi connectivity index (χ1n) is 7.10. The van der Waals surface area contributed by atoms with Gasteiger partial charge in [0.05, 0.1) is 29.1 Å². The Labute approximate surface area is 145 Å². The first-order chi connectivity index (χ1) is 11.3. The van der Waals surface area contributed by atoms with E-state index in [1.165, 1.54) is 7.11 Å². The lowest BCUT2D eigenvalue weighted by Gasteiger charge is -2.11. The molecule has 8 heteroatoms. The summed E-state index contributed by atoms with van der Waals surface area (Å²) in [6, 6.07) is 11.4. The highest BCUT2D eigenvalue weighted by Crippen LogP contribution is 2.27. The second-order valence-corrected chi connectivity index (χ2v) is 7.31. The van der Waals surface area contributed by atoms with Gasteiger partial charge in [0, 0.05) is 11.4 Å². The highest BCUT2D eigenvalue weighted by Gasteiger charge is 2.10. The monoisotopic (exact) mass is 368 g/mol. The SMILES string of the molecule is CCS(=O)(=O)Nc1ccc(Nc2cc(C(=O)OC)ccc2Cl)cc1. The van der Waals surface area contributed by atoms with Crippen molar-refractivity contribution in [1.29, 1.82) is 0 Å². The lowest BCUT2D eigenvalue weighted by molar-refractivity contribution is 0.0601. The topological polar surface area (TPSA) is 84.5 Å². The fourth-order valence-corrected chi connectivity index (χ4v) is 2.70. The molecule has 0 saturated carbocycles. The predicted molar refractivity (Wildman–Crippen MR) is 95.6 cm³/mol. The van der Waals surface area contributed by atoms with E-state index in [0.29, 0.717) is 27.6 Å². The van der Waals surface area contributed by atoms with Gasteiger partial charge in [-0.2, -0.15) is 0 Å². The van der Waals surface area contributed by atoms with Crippen molar-refractivity contribution in [1.82, 2.24) is 0 Å². The first kappa shape index (κ1) is 18.1. The standard InChI is InChI=1S/C16H17ClN2O4S/c1-3-24(21,22)19-13-7-5-12(6-8-13)18-15-10-11(16(20)23-2)4-9-14(15)17/h4-10,18-19H,3H2,1-2H3. The second kappa shape index (κ2) is 7.55. The fraction of sp³-hybridized carbons (Fsp3) is 0.188. The molecule has 0 fully saturated rings. The van der Waals surface area contributed by atoms with Crippen LogP contribution >= 0.6 is 11.6 Å². The van der Waals surface area contributed by atoms with Crippen LogP contribution in [0.25, 0.3) is 0 Å². The molecule has 2 rings (SSSR count). The van der Waals surface area contributed by atoms with Crippen LogP contribution in [0.5, 0.6) is 0 Å². The molecule has 0 aliphatic carbocycles. The van der Waals surface area contributed by atoms with E-state index in [9.17, 15) is 13.2 Å². The van der Waals surface area contributed by atoms with Crippen LogP contribution in [-0.2, 0) is 14.8 Å². The van der Waals surface area contributed by atoms with Gasteiger partial charge in [-0.15, -0.1) is 0 Å². The van der Waals surface area contributed by atoms with Crippen molar-refractivity contribution in [3.63, 3.8) is 0 Å². The summed E-state index contributed by atoms with van der Waals surface area (Å²) in [6.07, 6.45) is 0. The van der Waals surface area contributed by atoms with Crippen LogP contribution in [0.3, 0.4) is 0 Å². The summed E-state index contributed by atoms with van der Waals surface area (Å²) in [5.74, 6) is -0.456. The smallest absolute Gasteiger partial charge is 0.337 e. The van der Waals surface area contributed by atoms with Gasteiger partial charge >= 0.3 is 5.97 Å². The van der Waals surface area contributed by atoms with Crippen LogP contribution < -0.4 is 10.0 Å². The van der Waals surface area contributed by atoms with Gasteiger partial charge in [-0.1, -0.05) is 11.6 Å². The van der Waals surface area contributed by atoms with Gasteiger partial charge < -0.3 is 10.1 Å². The molecule has 128 valence electrons. The Hall–Kier alpha value is -2.25. The summed E-state index contributed by atoms with van der Waals surface area (Å²) in [4.78, 5) is 11.6. The van der Waals surface area contributed by atoms with E-state index in [1.54, 1.807) is 49.4 Å². The molecule has 0 spiro atoms. The number of rotatable bonds is 6. The number of esters is 1. The van der Waals surface area contributed by atoms with Gasteiger partial charge in [0.25, 0.3) is 0 Å². The van der Waals surface area contributed by atoms with Crippen LogP contribution in [0.1, 0.15) is 17.3 Å². The molecule has 0 aliphatic rings. The molecule has 0 unspecified atom stereocenters. The third-order valence-corrected chi connectivity index (χ3v) is 4.84. The molecule has 0 aliphatic heterocycles. The molecule has 2 aromatic rings. The van der Waals surface area contributed by atoms with Gasteiger partial charge in [0.15, 0.2) is 0 Å². The van der Waals surface area contributed by atoms with Crippen LogP contribution in [-0.4, -0.2) is 27.2 Å². The summed E-state index contributed by atoms with van der Waals surface area (Å²) < 4.78 is 30.2. The number of anilines is 3. The van der Waals surface area contributed by atoms with Crippen molar-refractivity contribution < 1.29 is 17.9 Å². The lowest BCUT2D eigenvalue weighted by atomic mass is 10.2. The number of methoxy groups -OCH3 is 1.